The minimum atomic E-state index is -4.04. The Balaban J connectivity index is 2.40. The molecule has 1 aliphatic heterocycles. The fourth-order valence-electron chi connectivity index (χ4n) is 2.28. The summed E-state index contributed by atoms with van der Waals surface area (Å²) in [7, 11) is -4.04. The second-order valence-electron chi connectivity index (χ2n) is 4.52. The predicted molar refractivity (Wildman–Crippen MR) is 65.0 cm³/mol. The maximum absolute atomic E-state index is 13.6. The van der Waals surface area contributed by atoms with Crippen LogP contribution in [0, 0.1) is 11.6 Å². The average molecular weight is 291 g/mol. The van der Waals surface area contributed by atoms with Crippen molar-refractivity contribution >= 4 is 10.0 Å². The smallest absolute Gasteiger partial charge is 0.246 e. The van der Waals surface area contributed by atoms with Crippen LogP contribution in [0.1, 0.15) is 19.3 Å². The molecule has 19 heavy (non-hydrogen) atoms. The summed E-state index contributed by atoms with van der Waals surface area (Å²) in [6, 6.07) is 1.84. The van der Waals surface area contributed by atoms with Gasteiger partial charge in [-0.3, -0.25) is 0 Å². The van der Waals surface area contributed by atoms with E-state index in [4.69, 9.17) is 0 Å². The summed E-state index contributed by atoms with van der Waals surface area (Å²) in [6.07, 6.45) is 2.03. The van der Waals surface area contributed by atoms with E-state index in [0.717, 1.165) is 22.9 Å². The van der Waals surface area contributed by atoms with E-state index in [-0.39, 0.29) is 13.2 Å². The van der Waals surface area contributed by atoms with Crippen LogP contribution in [0.25, 0.3) is 0 Å². The lowest BCUT2D eigenvalue weighted by Gasteiger charge is -2.33. The van der Waals surface area contributed by atoms with E-state index in [9.17, 15) is 22.3 Å². The highest BCUT2D eigenvalue weighted by molar-refractivity contribution is 7.89. The van der Waals surface area contributed by atoms with Gasteiger partial charge in [0.05, 0.1) is 6.61 Å². The first-order valence-electron chi connectivity index (χ1n) is 6.04. The van der Waals surface area contributed by atoms with Crippen molar-refractivity contribution in [2.75, 3.05) is 13.2 Å². The summed E-state index contributed by atoms with van der Waals surface area (Å²) >= 11 is 0. The van der Waals surface area contributed by atoms with Crippen LogP contribution in [0.4, 0.5) is 8.78 Å². The molecule has 1 aliphatic rings. The molecule has 0 radical (unpaired) electrons. The average Bonchev–Trinajstić information content (AvgIpc) is 2.38. The van der Waals surface area contributed by atoms with Crippen molar-refractivity contribution in [3.05, 3.63) is 29.8 Å². The van der Waals surface area contributed by atoms with E-state index in [1.54, 1.807) is 0 Å². The summed E-state index contributed by atoms with van der Waals surface area (Å²) in [5.74, 6) is -1.93. The van der Waals surface area contributed by atoms with E-state index in [2.05, 4.69) is 0 Å². The van der Waals surface area contributed by atoms with Gasteiger partial charge in [-0.2, -0.15) is 4.31 Å². The molecule has 0 saturated carbocycles. The van der Waals surface area contributed by atoms with Crippen molar-refractivity contribution in [3.8, 4) is 0 Å². The predicted octanol–water partition coefficient (Wildman–Crippen LogP) is 1.50. The highest BCUT2D eigenvalue weighted by Gasteiger charge is 2.34. The molecule has 1 aromatic carbocycles. The molecule has 1 aromatic rings. The number of nitrogens with zero attached hydrogens (tertiary/aromatic N) is 1. The quantitative estimate of drug-likeness (QED) is 0.918. The lowest BCUT2D eigenvalue weighted by molar-refractivity contribution is 0.155. The van der Waals surface area contributed by atoms with Crippen molar-refractivity contribution in [2.45, 2.75) is 30.2 Å². The Kier molecular flexibility index (Phi) is 4.17. The number of hydrogen-bond donors (Lipinski definition) is 1. The summed E-state index contributed by atoms with van der Waals surface area (Å²) < 4.78 is 52.2. The molecule has 1 fully saturated rings. The minimum Gasteiger partial charge on any atom is -0.395 e. The Hall–Kier alpha value is -1.05. The van der Waals surface area contributed by atoms with E-state index in [0.29, 0.717) is 18.9 Å². The van der Waals surface area contributed by atoms with Crippen molar-refractivity contribution in [1.29, 1.82) is 0 Å². The number of piperidine rings is 1. The van der Waals surface area contributed by atoms with Crippen molar-refractivity contribution in [3.63, 3.8) is 0 Å². The highest BCUT2D eigenvalue weighted by atomic mass is 32.2. The van der Waals surface area contributed by atoms with Crippen LogP contribution in [0.2, 0.25) is 0 Å². The van der Waals surface area contributed by atoms with Crippen molar-refractivity contribution in [2.24, 2.45) is 0 Å². The molecule has 1 heterocycles. The fraction of sp³-hybridized carbons (Fsp3) is 0.500. The van der Waals surface area contributed by atoms with Gasteiger partial charge in [0.15, 0.2) is 0 Å². The first-order valence-corrected chi connectivity index (χ1v) is 7.48. The lowest BCUT2D eigenvalue weighted by Crippen LogP contribution is -2.45. The number of aliphatic hydroxyl groups is 1. The molecule has 4 nitrogen and oxygen atoms in total. The molecule has 1 unspecified atom stereocenters. The Morgan fingerprint density at radius 1 is 1.32 bits per heavy atom. The normalized spacial score (nSPS) is 21.5. The van der Waals surface area contributed by atoms with Gasteiger partial charge in [0.2, 0.25) is 10.0 Å². The van der Waals surface area contributed by atoms with Crippen LogP contribution in [-0.2, 0) is 10.0 Å². The zero-order valence-corrected chi connectivity index (χ0v) is 11.0. The number of benzene rings is 1. The first-order chi connectivity index (χ1) is 8.96. The van der Waals surface area contributed by atoms with Gasteiger partial charge in [0, 0.05) is 18.7 Å². The van der Waals surface area contributed by atoms with Gasteiger partial charge in [-0.15, -0.1) is 0 Å². The van der Waals surface area contributed by atoms with Crippen LogP contribution < -0.4 is 0 Å². The SMILES string of the molecule is O=S(=O)(c1ccc(F)cc1F)N1CCCCC1CO. The van der Waals surface area contributed by atoms with Crippen molar-refractivity contribution in [1.82, 2.24) is 4.31 Å². The maximum Gasteiger partial charge on any atom is 0.246 e. The zero-order valence-electron chi connectivity index (χ0n) is 10.2. The van der Waals surface area contributed by atoms with Crippen LogP contribution >= 0.6 is 0 Å². The Morgan fingerprint density at radius 2 is 2.05 bits per heavy atom. The molecule has 7 heteroatoms. The standard InChI is InChI=1S/C12H15F2NO3S/c13-9-4-5-12(11(14)7-9)19(17,18)15-6-2-1-3-10(15)8-16/h4-5,7,10,16H,1-3,6,8H2. The van der Waals surface area contributed by atoms with Gasteiger partial charge in [-0.25, -0.2) is 17.2 Å². The second-order valence-corrected chi connectivity index (χ2v) is 6.38. The molecule has 0 spiro atoms. The van der Waals surface area contributed by atoms with Gasteiger partial charge in [-0.1, -0.05) is 6.42 Å². The topological polar surface area (TPSA) is 57.6 Å². The Labute approximate surface area is 110 Å². The Bertz CT molecular complexity index is 562. The Morgan fingerprint density at radius 3 is 2.68 bits per heavy atom. The molecule has 0 bridgehead atoms. The third kappa shape index (κ3) is 2.77. The molecule has 1 saturated heterocycles. The largest absolute Gasteiger partial charge is 0.395 e. The van der Waals surface area contributed by atoms with Crippen LogP contribution in [-0.4, -0.2) is 37.0 Å². The zero-order chi connectivity index (χ0) is 14.0. The number of rotatable bonds is 3. The molecular weight excluding hydrogens is 276 g/mol. The molecule has 106 valence electrons. The number of aliphatic hydroxyl groups excluding tert-OH is 1. The molecule has 2 rings (SSSR count). The lowest BCUT2D eigenvalue weighted by atomic mass is 10.1. The summed E-state index contributed by atoms with van der Waals surface area (Å²) in [6.45, 7) is -0.0631. The van der Waals surface area contributed by atoms with Gasteiger partial charge in [0.1, 0.15) is 16.5 Å². The molecular formula is C12H15F2NO3S. The molecule has 0 aromatic heterocycles. The summed E-state index contributed by atoms with van der Waals surface area (Å²) in [4.78, 5) is -0.547. The van der Waals surface area contributed by atoms with Crippen molar-refractivity contribution < 1.29 is 22.3 Å². The van der Waals surface area contributed by atoms with E-state index < -0.39 is 32.6 Å². The first kappa shape index (κ1) is 14.4. The third-order valence-corrected chi connectivity index (χ3v) is 5.25. The number of hydrogen-bond acceptors (Lipinski definition) is 3. The van der Waals surface area contributed by atoms with E-state index in [1.807, 2.05) is 0 Å². The fourth-order valence-corrected chi connectivity index (χ4v) is 4.02. The van der Waals surface area contributed by atoms with E-state index >= 15 is 0 Å². The third-order valence-electron chi connectivity index (χ3n) is 3.26. The molecule has 1 N–H and O–H groups in total. The number of sulfonamides is 1. The minimum absolute atomic E-state index is 0.240. The van der Waals surface area contributed by atoms with Gasteiger partial charge in [-0.05, 0) is 25.0 Å². The maximum atomic E-state index is 13.6. The van der Waals surface area contributed by atoms with Gasteiger partial charge >= 0.3 is 0 Å². The summed E-state index contributed by atoms with van der Waals surface area (Å²) in [5.41, 5.74) is 0. The van der Waals surface area contributed by atoms with Crippen LogP contribution in [0.5, 0.6) is 0 Å². The second kappa shape index (κ2) is 5.52. The summed E-state index contributed by atoms with van der Waals surface area (Å²) in [5, 5.41) is 9.23. The molecule has 0 aliphatic carbocycles. The van der Waals surface area contributed by atoms with Gasteiger partial charge in [0.25, 0.3) is 0 Å². The van der Waals surface area contributed by atoms with Crippen LogP contribution in [0.3, 0.4) is 0 Å². The molecule has 1 atom stereocenters. The monoisotopic (exact) mass is 291 g/mol. The molecule has 0 amide bonds. The highest BCUT2D eigenvalue weighted by Crippen LogP contribution is 2.26. The van der Waals surface area contributed by atoms with E-state index in [1.165, 1.54) is 0 Å². The van der Waals surface area contributed by atoms with Crippen LogP contribution in [0.15, 0.2) is 23.1 Å². The van der Waals surface area contributed by atoms with Gasteiger partial charge < -0.3 is 5.11 Å². The number of halogens is 2.